The number of hydrogen-bond donors (Lipinski definition) is 2. The number of nitrogens with one attached hydrogen (secondary N) is 1. The summed E-state index contributed by atoms with van der Waals surface area (Å²) in [4.78, 5) is 12.3. The number of aromatic nitrogens is 2. The van der Waals surface area contributed by atoms with Crippen LogP contribution in [0.5, 0.6) is 0 Å². The van der Waals surface area contributed by atoms with Crippen LogP contribution in [0.1, 0.15) is 24.1 Å². The number of halogens is 2. The van der Waals surface area contributed by atoms with Crippen LogP contribution in [-0.4, -0.2) is 34.9 Å². The van der Waals surface area contributed by atoms with Crippen molar-refractivity contribution in [3.8, 4) is 5.69 Å². The van der Waals surface area contributed by atoms with Gasteiger partial charge in [0.2, 0.25) is 5.91 Å². The Morgan fingerprint density at radius 1 is 1.38 bits per heavy atom. The first-order chi connectivity index (χ1) is 12.0. The van der Waals surface area contributed by atoms with Crippen molar-refractivity contribution in [3.05, 3.63) is 47.5 Å². The molecule has 2 heterocycles. The van der Waals surface area contributed by atoms with E-state index in [1.54, 1.807) is 16.8 Å². The smallest absolute Gasteiger partial charge is 0.237 e. The van der Waals surface area contributed by atoms with Gasteiger partial charge in [-0.15, -0.1) is 12.4 Å². The molecule has 1 unspecified atom stereocenters. The second-order valence-electron chi connectivity index (χ2n) is 6.35. The number of hydrogen-bond acceptors (Lipinski definition) is 4. The third-order valence-corrected chi connectivity index (χ3v) is 4.62. The normalized spacial score (nSPS) is 16.0. The Morgan fingerprint density at radius 2 is 2.04 bits per heavy atom. The summed E-state index contributed by atoms with van der Waals surface area (Å²) >= 11 is 0. The molecule has 3 rings (SSSR count). The molecule has 2 aromatic rings. The molecule has 1 aliphatic rings. The molecular weight excluding hydrogens is 359 g/mol. The molecule has 1 saturated heterocycles. The number of benzene rings is 1. The van der Waals surface area contributed by atoms with E-state index in [1.165, 1.54) is 12.1 Å². The van der Waals surface area contributed by atoms with Crippen LogP contribution in [-0.2, 0) is 16.1 Å². The number of ether oxygens (including phenoxy) is 1. The zero-order chi connectivity index (χ0) is 17.8. The first-order valence-corrected chi connectivity index (χ1v) is 8.46. The highest BCUT2D eigenvalue weighted by atomic mass is 35.5. The fraction of sp³-hybridized carbons (Fsp3) is 0.444. The van der Waals surface area contributed by atoms with Crippen LogP contribution >= 0.6 is 12.4 Å². The number of rotatable bonds is 5. The molecule has 0 aliphatic carbocycles. The summed E-state index contributed by atoms with van der Waals surface area (Å²) in [5, 5.41) is 7.31. The Morgan fingerprint density at radius 3 is 2.69 bits per heavy atom. The zero-order valence-corrected chi connectivity index (χ0v) is 15.5. The van der Waals surface area contributed by atoms with E-state index in [0.29, 0.717) is 19.8 Å². The molecule has 1 atom stereocenters. The van der Waals surface area contributed by atoms with Crippen LogP contribution < -0.4 is 11.1 Å². The number of carbonyl (C=O) groups excluding carboxylic acids is 1. The minimum absolute atomic E-state index is 0. The molecule has 0 spiro atoms. The Labute approximate surface area is 158 Å². The van der Waals surface area contributed by atoms with Crippen molar-refractivity contribution in [2.75, 3.05) is 13.2 Å². The Balaban J connectivity index is 0.00000243. The lowest BCUT2D eigenvalue weighted by molar-refractivity contribution is -0.124. The van der Waals surface area contributed by atoms with Gasteiger partial charge in [-0.2, -0.15) is 5.10 Å². The SMILES string of the molecule is Cc1nn(-c2ccc(F)cc2)cc1CNC(=O)C(N)C1CCOCC1.Cl. The summed E-state index contributed by atoms with van der Waals surface area (Å²) in [5.41, 5.74) is 8.55. The molecule has 1 aromatic heterocycles. The van der Waals surface area contributed by atoms with E-state index < -0.39 is 6.04 Å². The number of nitrogens with two attached hydrogens (primary N) is 1. The predicted molar refractivity (Wildman–Crippen MR) is 98.9 cm³/mol. The third kappa shape index (κ3) is 4.81. The standard InChI is InChI=1S/C18H23FN4O2.ClH/c1-12-14(11-23(22-12)16-4-2-15(19)3-5-16)10-21-18(24)17(20)13-6-8-25-9-7-13;/h2-5,11,13,17H,6-10,20H2,1H3,(H,21,24);1H. The number of aryl methyl sites for hydroxylation is 1. The summed E-state index contributed by atoms with van der Waals surface area (Å²) < 4.78 is 20.0. The maximum Gasteiger partial charge on any atom is 0.237 e. The molecule has 3 N–H and O–H groups in total. The van der Waals surface area contributed by atoms with Crippen LogP contribution in [0.2, 0.25) is 0 Å². The highest BCUT2D eigenvalue weighted by Gasteiger charge is 2.26. The van der Waals surface area contributed by atoms with Crippen molar-refractivity contribution in [1.29, 1.82) is 0 Å². The number of nitrogens with zero attached hydrogens (tertiary/aromatic N) is 2. The largest absolute Gasteiger partial charge is 0.381 e. The van der Waals surface area contributed by atoms with Gasteiger partial charge >= 0.3 is 0 Å². The van der Waals surface area contributed by atoms with E-state index in [0.717, 1.165) is 29.8 Å². The molecule has 0 bridgehead atoms. The van der Waals surface area contributed by atoms with Crippen molar-refractivity contribution in [3.63, 3.8) is 0 Å². The van der Waals surface area contributed by atoms with Gasteiger partial charge in [-0.3, -0.25) is 4.79 Å². The first-order valence-electron chi connectivity index (χ1n) is 8.46. The molecule has 0 saturated carbocycles. The highest BCUT2D eigenvalue weighted by Crippen LogP contribution is 2.18. The molecular formula is C18H24ClFN4O2. The van der Waals surface area contributed by atoms with Gasteiger partial charge in [-0.25, -0.2) is 9.07 Å². The molecule has 142 valence electrons. The van der Waals surface area contributed by atoms with Crippen molar-refractivity contribution in [2.24, 2.45) is 11.7 Å². The predicted octanol–water partition coefficient (Wildman–Crippen LogP) is 2.11. The maximum absolute atomic E-state index is 13.0. The number of carbonyl (C=O) groups is 1. The first kappa shape index (κ1) is 20.4. The molecule has 6 nitrogen and oxygen atoms in total. The van der Waals surface area contributed by atoms with Crippen molar-refractivity contribution in [2.45, 2.75) is 32.4 Å². The monoisotopic (exact) mass is 382 g/mol. The van der Waals surface area contributed by atoms with Crippen molar-refractivity contribution >= 4 is 18.3 Å². The molecule has 1 aliphatic heterocycles. The van der Waals surface area contributed by atoms with E-state index in [-0.39, 0.29) is 30.0 Å². The number of amides is 1. The second-order valence-corrected chi connectivity index (χ2v) is 6.35. The van der Waals surface area contributed by atoms with Gasteiger partial charge in [0.25, 0.3) is 0 Å². The summed E-state index contributed by atoms with van der Waals surface area (Å²) in [6.07, 6.45) is 3.47. The lowest BCUT2D eigenvalue weighted by atomic mass is 9.92. The third-order valence-electron chi connectivity index (χ3n) is 4.62. The van der Waals surface area contributed by atoms with Gasteiger partial charge in [0.1, 0.15) is 5.82 Å². The lowest BCUT2D eigenvalue weighted by Gasteiger charge is -2.26. The van der Waals surface area contributed by atoms with E-state index in [4.69, 9.17) is 10.5 Å². The zero-order valence-electron chi connectivity index (χ0n) is 14.7. The van der Waals surface area contributed by atoms with Crippen LogP contribution in [0.25, 0.3) is 5.69 Å². The summed E-state index contributed by atoms with van der Waals surface area (Å²) in [5.74, 6) is -0.278. The van der Waals surface area contributed by atoms with Gasteiger partial charge < -0.3 is 15.8 Å². The lowest BCUT2D eigenvalue weighted by Crippen LogP contribution is -2.46. The van der Waals surface area contributed by atoms with Gasteiger partial charge in [0.15, 0.2) is 0 Å². The van der Waals surface area contributed by atoms with Gasteiger partial charge in [-0.1, -0.05) is 0 Å². The van der Waals surface area contributed by atoms with E-state index in [1.807, 2.05) is 13.1 Å². The van der Waals surface area contributed by atoms with Gasteiger partial charge in [0.05, 0.1) is 17.4 Å². The Kier molecular flexibility index (Phi) is 7.14. The van der Waals surface area contributed by atoms with E-state index in [2.05, 4.69) is 10.4 Å². The summed E-state index contributed by atoms with van der Waals surface area (Å²) in [6, 6.07) is 5.58. The van der Waals surface area contributed by atoms with Crippen LogP contribution in [0.3, 0.4) is 0 Å². The second kappa shape index (κ2) is 9.12. The summed E-state index contributed by atoms with van der Waals surface area (Å²) in [7, 11) is 0. The van der Waals surface area contributed by atoms with Crippen molar-refractivity contribution < 1.29 is 13.9 Å². The van der Waals surface area contributed by atoms with Crippen LogP contribution in [0, 0.1) is 18.7 Å². The molecule has 1 fully saturated rings. The van der Waals surface area contributed by atoms with Crippen LogP contribution in [0.4, 0.5) is 4.39 Å². The minimum atomic E-state index is -0.517. The molecule has 26 heavy (non-hydrogen) atoms. The van der Waals surface area contributed by atoms with Gasteiger partial charge in [-0.05, 0) is 49.9 Å². The molecule has 1 aromatic carbocycles. The minimum Gasteiger partial charge on any atom is -0.381 e. The Hall–Kier alpha value is -1.96. The Bertz CT molecular complexity index is 729. The van der Waals surface area contributed by atoms with E-state index >= 15 is 0 Å². The molecule has 8 heteroatoms. The maximum atomic E-state index is 13.0. The molecule has 0 radical (unpaired) electrons. The van der Waals surface area contributed by atoms with E-state index in [9.17, 15) is 9.18 Å². The van der Waals surface area contributed by atoms with Crippen LogP contribution in [0.15, 0.2) is 30.5 Å². The average molecular weight is 383 g/mol. The topological polar surface area (TPSA) is 82.2 Å². The van der Waals surface area contributed by atoms with Gasteiger partial charge in [0, 0.05) is 31.5 Å². The fourth-order valence-corrected chi connectivity index (χ4v) is 2.98. The quantitative estimate of drug-likeness (QED) is 0.829. The summed E-state index contributed by atoms with van der Waals surface area (Å²) in [6.45, 7) is 3.56. The fourth-order valence-electron chi connectivity index (χ4n) is 2.98. The average Bonchev–Trinajstić information content (AvgIpc) is 3.01. The molecule has 1 amide bonds. The highest BCUT2D eigenvalue weighted by molar-refractivity contribution is 5.85. The van der Waals surface area contributed by atoms with Crippen molar-refractivity contribution in [1.82, 2.24) is 15.1 Å².